The molecular weight excluding hydrogens is 216 g/mol. The van der Waals surface area contributed by atoms with Crippen LogP contribution in [0.25, 0.3) is 0 Å². The van der Waals surface area contributed by atoms with Crippen molar-refractivity contribution in [2.45, 2.75) is 18.9 Å². The Morgan fingerprint density at radius 3 is 3.12 bits per heavy atom. The number of benzene rings is 1. The van der Waals surface area contributed by atoms with Gasteiger partial charge in [0.05, 0.1) is 7.11 Å². The average Bonchev–Trinajstić information content (AvgIpc) is 2.40. The molecule has 0 radical (unpaired) electrons. The number of ether oxygens (including phenoxy) is 1. The predicted octanol–water partition coefficient (Wildman–Crippen LogP) is 1.18. The van der Waals surface area contributed by atoms with Crippen LogP contribution in [-0.2, 0) is 0 Å². The van der Waals surface area contributed by atoms with Crippen LogP contribution in [0.1, 0.15) is 23.2 Å². The third-order valence-corrected chi connectivity index (χ3v) is 2.96. The zero-order chi connectivity index (χ0) is 12.1. The number of amides is 1. The predicted molar refractivity (Wildman–Crippen MR) is 66.4 cm³/mol. The zero-order valence-electron chi connectivity index (χ0n) is 10.0. The first kappa shape index (κ1) is 11.9. The molecule has 1 saturated heterocycles. The van der Waals surface area contributed by atoms with Crippen LogP contribution >= 0.6 is 0 Å². The van der Waals surface area contributed by atoms with Gasteiger partial charge in [-0.25, -0.2) is 0 Å². The number of rotatable bonds is 3. The van der Waals surface area contributed by atoms with Gasteiger partial charge >= 0.3 is 0 Å². The van der Waals surface area contributed by atoms with Crippen LogP contribution in [0.4, 0.5) is 0 Å². The lowest BCUT2D eigenvalue weighted by atomic mass is 10.1. The third kappa shape index (κ3) is 3.20. The van der Waals surface area contributed by atoms with E-state index in [0.717, 1.165) is 25.9 Å². The number of carbonyl (C=O) groups is 1. The van der Waals surface area contributed by atoms with E-state index >= 15 is 0 Å². The molecule has 2 N–H and O–H groups in total. The summed E-state index contributed by atoms with van der Waals surface area (Å²) in [6.07, 6.45) is 2.16. The van der Waals surface area contributed by atoms with Gasteiger partial charge in [-0.1, -0.05) is 6.07 Å². The van der Waals surface area contributed by atoms with Gasteiger partial charge in [0.25, 0.3) is 5.91 Å². The Morgan fingerprint density at radius 1 is 1.53 bits per heavy atom. The molecule has 1 heterocycles. The number of carbonyl (C=O) groups excluding carboxylic acids is 1. The second kappa shape index (κ2) is 5.68. The van der Waals surface area contributed by atoms with E-state index in [1.807, 2.05) is 12.1 Å². The molecule has 0 bridgehead atoms. The van der Waals surface area contributed by atoms with Crippen molar-refractivity contribution in [2.75, 3.05) is 20.2 Å². The Hall–Kier alpha value is -1.55. The molecule has 0 saturated carbocycles. The van der Waals surface area contributed by atoms with Gasteiger partial charge in [0.1, 0.15) is 5.75 Å². The fourth-order valence-corrected chi connectivity index (χ4v) is 2.01. The molecule has 1 aliphatic rings. The van der Waals surface area contributed by atoms with E-state index in [0.29, 0.717) is 11.3 Å². The van der Waals surface area contributed by atoms with Crippen LogP contribution in [-0.4, -0.2) is 32.1 Å². The van der Waals surface area contributed by atoms with Gasteiger partial charge < -0.3 is 15.4 Å². The second-order valence-electron chi connectivity index (χ2n) is 4.25. The molecule has 1 amide bonds. The van der Waals surface area contributed by atoms with Crippen molar-refractivity contribution in [1.29, 1.82) is 0 Å². The summed E-state index contributed by atoms with van der Waals surface area (Å²) < 4.78 is 5.10. The summed E-state index contributed by atoms with van der Waals surface area (Å²) in [5.41, 5.74) is 0.648. The molecule has 4 nitrogen and oxygen atoms in total. The molecule has 0 aliphatic carbocycles. The quantitative estimate of drug-likeness (QED) is 0.825. The van der Waals surface area contributed by atoms with Crippen LogP contribution in [0.5, 0.6) is 5.75 Å². The molecule has 92 valence electrons. The Balaban J connectivity index is 1.98. The maximum absolute atomic E-state index is 12.0. The van der Waals surface area contributed by atoms with Gasteiger partial charge in [-0.3, -0.25) is 4.79 Å². The normalized spacial score (nSPS) is 19.7. The maximum Gasteiger partial charge on any atom is 0.251 e. The number of hydrogen-bond acceptors (Lipinski definition) is 3. The van der Waals surface area contributed by atoms with Gasteiger partial charge in [-0.2, -0.15) is 0 Å². The third-order valence-electron chi connectivity index (χ3n) is 2.96. The largest absolute Gasteiger partial charge is 0.497 e. The Bertz CT molecular complexity index is 387. The fraction of sp³-hybridized carbons (Fsp3) is 0.462. The molecule has 1 aromatic rings. The van der Waals surface area contributed by atoms with Gasteiger partial charge in [-0.05, 0) is 37.6 Å². The fourth-order valence-electron chi connectivity index (χ4n) is 2.01. The van der Waals surface area contributed by atoms with Gasteiger partial charge in [0, 0.05) is 18.2 Å². The summed E-state index contributed by atoms with van der Waals surface area (Å²) in [5.74, 6) is 0.678. The van der Waals surface area contributed by atoms with Crippen LogP contribution in [0.3, 0.4) is 0 Å². The number of hydrogen-bond donors (Lipinski definition) is 2. The molecule has 4 heteroatoms. The molecule has 0 aromatic heterocycles. The summed E-state index contributed by atoms with van der Waals surface area (Å²) in [7, 11) is 1.60. The summed E-state index contributed by atoms with van der Waals surface area (Å²) >= 11 is 0. The summed E-state index contributed by atoms with van der Waals surface area (Å²) in [6.45, 7) is 1.90. The Kier molecular flexibility index (Phi) is 3.98. The lowest BCUT2D eigenvalue weighted by molar-refractivity contribution is 0.0930. The highest BCUT2D eigenvalue weighted by Gasteiger charge is 2.16. The van der Waals surface area contributed by atoms with Crippen molar-refractivity contribution < 1.29 is 9.53 Å². The van der Waals surface area contributed by atoms with E-state index in [-0.39, 0.29) is 11.9 Å². The van der Waals surface area contributed by atoms with Crippen molar-refractivity contribution in [1.82, 2.24) is 10.6 Å². The van der Waals surface area contributed by atoms with E-state index in [1.54, 1.807) is 19.2 Å². The summed E-state index contributed by atoms with van der Waals surface area (Å²) in [6, 6.07) is 7.45. The van der Waals surface area contributed by atoms with Crippen LogP contribution in [0.15, 0.2) is 24.3 Å². The van der Waals surface area contributed by atoms with Crippen LogP contribution < -0.4 is 15.4 Å². The highest BCUT2D eigenvalue weighted by Crippen LogP contribution is 2.13. The lowest BCUT2D eigenvalue weighted by Crippen LogP contribution is -2.45. The molecule has 17 heavy (non-hydrogen) atoms. The summed E-state index contributed by atoms with van der Waals surface area (Å²) in [4.78, 5) is 12.0. The minimum atomic E-state index is -0.0300. The van der Waals surface area contributed by atoms with Gasteiger partial charge in [0.15, 0.2) is 0 Å². The van der Waals surface area contributed by atoms with Gasteiger partial charge in [-0.15, -0.1) is 0 Å². The molecule has 1 fully saturated rings. The highest BCUT2D eigenvalue weighted by molar-refractivity contribution is 5.94. The second-order valence-corrected chi connectivity index (χ2v) is 4.25. The van der Waals surface area contributed by atoms with Crippen molar-refractivity contribution >= 4 is 5.91 Å². The standard InChI is InChI=1S/C13H18N2O2/c1-17-12-6-2-4-10(8-12)13(16)15-11-5-3-7-14-9-11/h2,4,6,8,11,14H,3,5,7,9H2,1H3,(H,15,16)/t11-/m0/s1. The monoisotopic (exact) mass is 234 g/mol. The first-order valence-electron chi connectivity index (χ1n) is 5.95. The van der Waals surface area contributed by atoms with Crippen molar-refractivity contribution in [3.63, 3.8) is 0 Å². The van der Waals surface area contributed by atoms with E-state index in [9.17, 15) is 4.79 Å². The lowest BCUT2D eigenvalue weighted by Gasteiger charge is -2.23. The SMILES string of the molecule is COc1cccc(C(=O)N[C@H]2CCCNC2)c1. The molecule has 0 unspecified atom stereocenters. The van der Waals surface area contributed by atoms with E-state index in [2.05, 4.69) is 10.6 Å². The topological polar surface area (TPSA) is 50.4 Å². The zero-order valence-corrected chi connectivity index (χ0v) is 10.0. The highest BCUT2D eigenvalue weighted by atomic mass is 16.5. The van der Waals surface area contributed by atoms with Crippen molar-refractivity contribution in [3.8, 4) is 5.75 Å². The summed E-state index contributed by atoms with van der Waals surface area (Å²) in [5, 5.41) is 6.30. The number of piperidine rings is 1. The minimum Gasteiger partial charge on any atom is -0.497 e. The minimum absolute atomic E-state index is 0.0300. The first-order chi connectivity index (χ1) is 8.29. The molecule has 2 rings (SSSR count). The van der Waals surface area contributed by atoms with Crippen LogP contribution in [0.2, 0.25) is 0 Å². The Morgan fingerprint density at radius 2 is 2.41 bits per heavy atom. The smallest absolute Gasteiger partial charge is 0.251 e. The Labute approximate surface area is 101 Å². The molecule has 0 spiro atoms. The van der Waals surface area contributed by atoms with E-state index < -0.39 is 0 Å². The van der Waals surface area contributed by atoms with E-state index in [1.165, 1.54) is 0 Å². The average molecular weight is 234 g/mol. The van der Waals surface area contributed by atoms with Crippen molar-refractivity contribution in [2.24, 2.45) is 0 Å². The molecule has 1 atom stereocenters. The van der Waals surface area contributed by atoms with Crippen molar-refractivity contribution in [3.05, 3.63) is 29.8 Å². The molecular formula is C13H18N2O2. The first-order valence-corrected chi connectivity index (χ1v) is 5.95. The molecule has 1 aromatic carbocycles. The van der Waals surface area contributed by atoms with Crippen LogP contribution in [0, 0.1) is 0 Å². The maximum atomic E-state index is 12.0. The van der Waals surface area contributed by atoms with E-state index in [4.69, 9.17) is 4.74 Å². The number of methoxy groups -OCH3 is 1. The van der Waals surface area contributed by atoms with Gasteiger partial charge in [0.2, 0.25) is 0 Å². The number of nitrogens with one attached hydrogen (secondary N) is 2. The molecule has 1 aliphatic heterocycles.